The minimum Gasteiger partial charge on any atom is -0.480 e. The molecule has 0 saturated carbocycles. The number of oxazole rings is 1. The predicted octanol–water partition coefficient (Wildman–Crippen LogP) is 1.10. The number of carboxylic acid groups (broad SMARTS) is 1. The third-order valence-corrected chi connectivity index (χ3v) is 3.68. The number of amides is 1. The fraction of sp³-hybridized carbons (Fsp3) is 0.400. The molecule has 8 nitrogen and oxygen atoms in total. The summed E-state index contributed by atoms with van der Waals surface area (Å²) in [4.78, 5) is 29.2. The van der Waals surface area contributed by atoms with E-state index in [0.717, 1.165) is 0 Å². The quantitative estimate of drug-likeness (QED) is 0.899. The Morgan fingerprint density at radius 1 is 1.48 bits per heavy atom. The SMILES string of the molecule is Cc1oc(-c2ccco2)nc1CC(=O)N1CCOC[C@H]1C(=O)O. The molecule has 3 heterocycles. The van der Waals surface area contributed by atoms with Crippen molar-refractivity contribution in [2.45, 2.75) is 19.4 Å². The van der Waals surface area contributed by atoms with E-state index in [1.54, 1.807) is 19.1 Å². The number of aromatic nitrogens is 1. The molecule has 0 bridgehead atoms. The molecule has 1 atom stereocenters. The normalized spacial score (nSPS) is 18.1. The fourth-order valence-corrected chi connectivity index (χ4v) is 2.45. The van der Waals surface area contributed by atoms with Gasteiger partial charge in [-0.2, -0.15) is 0 Å². The number of ether oxygens (including phenoxy) is 1. The standard InChI is InChI=1S/C15H16N2O6/c1-9-10(16-14(23-9)12-3-2-5-22-12)7-13(18)17-4-6-21-8-11(17)15(19)20/h2-3,5,11H,4,6-8H2,1H3,(H,19,20)/t11-/m0/s1. The summed E-state index contributed by atoms with van der Waals surface area (Å²) >= 11 is 0. The van der Waals surface area contributed by atoms with Crippen molar-refractivity contribution >= 4 is 11.9 Å². The molecular formula is C15H16N2O6. The van der Waals surface area contributed by atoms with E-state index < -0.39 is 12.0 Å². The van der Waals surface area contributed by atoms with Crippen molar-refractivity contribution in [2.24, 2.45) is 0 Å². The Balaban J connectivity index is 1.76. The summed E-state index contributed by atoms with van der Waals surface area (Å²) < 4.78 is 15.8. The molecule has 0 aliphatic carbocycles. The van der Waals surface area contributed by atoms with E-state index in [1.807, 2.05) is 0 Å². The molecule has 2 aromatic heterocycles. The number of hydrogen-bond acceptors (Lipinski definition) is 6. The Kier molecular flexibility index (Phi) is 4.16. The Morgan fingerprint density at radius 2 is 2.30 bits per heavy atom. The van der Waals surface area contributed by atoms with Gasteiger partial charge in [-0.05, 0) is 19.1 Å². The number of carbonyl (C=O) groups is 2. The minimum atomic E-state index is -1.08. The van der Waals surface area contributed by atoms with Crippen LogP contribution in [-0.4, -0.2) is 52.7 Å². The van der Waals surface area contributed by atoms with Crippen molar-refractivity contribution in [3.05, 3.63) is 29.9 Å². The molecule has 1 aliphatic heterocycles. The highest BCUT2D eigenvalue weighted by molar-refractivity contribution is 5.85. The van der Waals surface area contributed by atoms with Crippen molar-refractivity contribution in [1.29, 1.82) is 0 Å². The predicted molar refractivity (Wildman–Crippen MR) is 76.6 cm³/mol. The molecule has 8 heteroatoms. The zero-order valence-corrected chi connectivity index (χ0v) is 12.5. The Labute approximate surface area is 131 Å². The van der Waals surface area contributed by atoms with Gasteiger partial charge in [0.1, 0.15) is 5.76 Å². The Morgan fingerprint density at radius 3 is 3.00 bits per heavy atom. The number of carboxylic acids is 1. The molecule has 0 radical (unpaired) electrons. The number of aliphatic carboxylic acids is 1. The van der Waals surface area contributed by atoms with Gasteiger partial charge in [0, 0.05) is 6.54 Å². The molecule has 2 aromatic rings. The number of morpholine rings is 1. The lowest BCUT2D eigenvalue weighted by Crippen LogP contribution is -2.53. The van der Waals surface area contributed by atoms with Gasteiger partial charge in [-0.25, -0.2) is 9.78 Å². The molecular weight excluding hydrogens is 304 g/mol. The van der Waals surface area contributed by atoms with E-state index in [9.17, 15) is 14.7 Å². The lowest BCUT2D eigenvalue weighted by atomic mass is 10.2. The van der Waals surface area contributed by atoms with Crippen LogP contribution in [0, 0.1) is 6.92 Å². The van der Waals surface area contributed by atoms with Crippen molar-refractivity contribution in [2.75, 3.05) is 19.8 Å². The number of aryl methyl sites for hydroxylation is 1. The van der Waals surface area contributed by atoms with Gasteiger partial charge < -0.3 is 23.6 Å². The van der Waals surface area contributed by atoms with E-state index in [0.29, 0.717) is 29.7 Å². The second kappa shape index (κ2) is 6.25. The zero-order chi connectivity index (χ0) is 16.4. The van der Waals surface area contributed by atoms with Gasteiger partial charge in [0.25, 0.3) is 5.89 Å². The van der Waals surface area contributed by atoms with Gasteiger partial charge in [0.05, 0.1) is 31.6 Å². The van der Waals surface area contributed by atoms with Crippen molar-refractivity contribution in [1.82, 2.24) is 9.88 Å². The summed E-state index contributed by atoms with van der Waals surface area (Å²) in [5.41, 5.74) is 0.469. The Hall–Kier alpha value is -2.61. The maximum absolute atomic E-state index is 12.4. The van der Waals surface area contributed by atoms with Crippen LogP contribution in [0.2, 0.25) is 0 Å². The molecule has 122 valence electrons. The second-order valence-corrected chi connectivity index (χ2v) is 5.19. The van der Waals surface area contributed by atoms with E-state index in [1.165, 1.54) is 11.2 Å². The first-order valence-electron chi connectivity index (χ1n) is 7.16. The first-order chi connectivity index (χ1) is 11.1. The summed E-state index contributed by atoms with van der Waals surface area (Å²) in [5, 5.41) is 9.19. The van der Waals surface area contributed by atoms with Crippen LogP contribution < -0.4 is 0 Å². The van der Waals surface area contributed by atoms with E-state index in [-0.39, 0.29) is 25.5 Å². The minimum absolute atomic E-state index is 0.00346. The van der Waals surface area contributed by atoms with Gasteiger partial charge in [-0.1, -0.05) is 0 Å². The molecule has 0 unspecified atom stereocenters. The molecule has 1 amide bonds. The van der Waals surface area contributed by atoms with Gasteiger partial charge >= 0.3 is 5.97 Å². The molecule has 1 saturated heterocycles. The summed E-state index contributed by atoms with van der Waals surface area (Å²) in [6.07, 6.45) is 1.48. The van der Waals surface area contributed by atoms with Crippen molar-refractivity contribution < 1.29 is 28.3 Å². The highest BCUT2D eigenvalue weighted by Gasteiger charge is 2.33. The first kappa shape index (κ1) is 15.3. The van der Waals surface area contributed by atoms with Crippen molar-refractivity contribution in [3.8, 4) is 11.7 Å². The smallest absolute Gasteiger partial charge is 0.328 e. The molecule has 0 aromatic carbocycles. The van der Waals surface area contributed by atoms with E-state index in [2.05, 4.69) is 4.98 Å². The zero-order valence-electron chi connectivity index (χ0n) is 12.5. The van der Waals surface area contributed by atoms with Crippen LogP contribution in [0.1, 0.15) is 11.5 Å². The Bertz CT molecular complexity index is 706. The van der Waals surface area contributed by atoms with Gasteiger partial charge in [0.2, 0.25) is 5.91 Å². The second-order valence-electron chi connectivity index (χ2n) is 5.19. The third-order valence-electron chi connectivity index (χ3n) is 3.68. The molecule has 1 aliphatic rings. The monoisotopic (exact) mass is 320 g/mol. The molecule has 1 N–H and O–H groups in total. The summed E-state index contributed by atoms with van der Waals surface area (Å²) in [5.74, 6) is -0.118. The molecule has 1 fully saturated rings. The van der Waals surface area contributed by atoms with Crippen molar-refractivity contribution in [3.63, 3.8) is 0 Å². The van der Waals surface area contributed by atoms with Crippen LogP contribution >= 0.6 is 0 Å². The lowest BCUT2D eigenvalue weighted by Gasteiger charge is -2.32. The molecule has 0 spiro atoms. The van der Waals surface area contributed by atoms with Crippen LogP contribution in [0.4, 0.5) is 0 Å². The highest BCUT2D eigenvalue weighted by atomic mass is 16.5. The average molecular weight is 320 g/mol. The van der Waals surface area contributed by atoms with Crippen LogP contribution in [0.15, 0.2) is 27.2 Å². The third kappa shape index (κ3) is 3.11. The van der Waals surface area contributed by atoms with Gasteiger partial charge in [-0.3, -0.25) is 4.79 Å². The lowest BCUT2D eigenvalue weighted by molar-refractivity contribution is -0.158. The van der Waals surface area contributed by atoms with Crippen LogP contribution in [0.5, 0.6) is 0 Å². The highest BCUT2D eigenvalue weighted by Crippen LogP contribution is 2.23. The average Bonchev–Trinajstić information content (AvgIpc) is 3.17. The van der Waals surface area contributed by atoms with Crippen LogP contribution in [0.3, 0.4) is 0 Å². The van der Waals surface area contributed by atoms with Gasteiger partial charge in [0.15, 0.2) is 11.8 Å². The summed E-state index contributed by atoms with van der Waals surface area (Å²) in [6, 6.07) is 2.46. The first-order valence-corrected chi connectivity index (χ1v) is 7.16. The number of carbonyl (C=O) groups excluding carboxylic acids is 1. The van der Waals surface area contributed by atoms with Crippen LogP contribution in [-0.2, 0) is 20.7 Å². The number of hydrogen-bond donors (Lipinski definition) is 1. The summed E-state index contributed by atoms with van der Waals surface area (Å²) in [7, 11) is 0. The van der Waals surface area contributed by atoms with E-state index >= 15 is 0 Å². The number of furan rings is 1. The topological polar surface area (TPSA) is 106 Å². The number of nitrogens with zero attached hydrogens (tertiary/aromatic N) is 2. The fourth-order valence-electron chi connectivity index (χ4n) is 2.45. The molecule has 23 heavy (non-hydrogen) atoms. The molecule has 3 rings (SSSR count). The maximum Gasteiger partial charge on any atom is 0.328 e. The largest absolute Gasteiger partial charge is 0.480 e. The summed E-state index contributed by atoms with van der Waals surface area (Å²) in [6.45, 7) is 2.27. The van der Waals surface area contributed by atoms with E-state index in [4.69, 9.17) is 13.6 Å². The van der Waals surface area contributed by atoms with Gasteiger partial charge in [-0.15, -0.1) is 0 Å². The maximum atomic E-state index is 12.4. The van der Waals surface area contributed by atoms with Crippen LogP contribution in [0.25, 0.3) is 11.7 Å². The number of rotatable bonds is 4.